The summed E-state index contributed by atoms with van der Waals surface area (Å²) in [6, 6.07) is -1.14. The average molecular weight is 914 g/mol. The first-order chi connectivity index (χ1) is 30.7. The van der Waals surface area contributed by atoms with Gasteiger partial charge in [-0.1, -0.05) is 71.1 Å². The van der Waals surface area contributed by atoms with Crippen LogP contribution in [0.3, 0.4) is 0 Å². The minimum absolute atomic E-state index is 0.0193. The van der Waals surface area contributed by atoms with Crippen molar-refractivity contribution in [3.63, 3.8) is 0 Å². The van der Waals surface area contributed by atoms with Gasteiger partial charge in [0.1, 0.15) is 30.1 Å². The zero-order valence-electron chi connectivity index (χ0n) is 40.6. The number of carbonyl (C=O) groups is 5. The van der Waals surface area contributed by atoms with Gasteiger partial charge in [-0.2, -0.15) is 0 Å². The number of carbonyl (C=O) groups excluding carboxylic acids is 5. The van der Waals surface area contributed by atoms with Gasteiger partial charge < -0.3 is 43.9 Å². The second kappa shape index (κ2) is 25.1. The number of amides is 1. The molecular weight excluding hydrogens is 835 g/mol. The molecule has 1 unspecified atom stereocenters. The largest absolute Gasteiger partial charge is 0.460 e. The van der Waals surface area contributed by atoms with Crippen LogP contribution in [-0.2, 0) is 47.7 Å². The number of allylic oxidation sites excluding steroid dienone is 6. The lowest BCUT2D eigenvalue weighted by Crippen LogP contribution is -2.61. The fourth-order valence-electron chi connectivity index (χ4n) is 10.1. The van der Waals surface area contributed by atoms with E-state index in [4.69, 9.17) is 23.7 Å². The van der Waals surface area contributed by atoms with Crippen LogP contribution in [0.2, 0.25) is 0 Å². The zero-order valence-corrected chi connectivity index (χ0v) is 40.6. The second-order valence-corrected chi connectivity index (χ2v) is 19.6. The molecule has 1 saturated carbocycles. The maximum Gasteiger partial charge on any atom is 0.329 e. The van der Waals surface area contributed by atoms with E-state index in [-0.39, 0.29) is 54.8 Å². The van der Waals surface area contributed by atoms with Crippen LogP contribution >= 0.6 is 0 Å². The third-order valence-electron chi connectivity index (χ3n) is 14.5. The molecule has 0 aromatic heterocycles. The van der Waals surface area contributed by atoms with Crippen molar-refractivity contribution >= 4 is 29.2 Å². The van der Waals surface area contributed by atoms with Gasteiger partial charge in [0.25, 0.3) is 11.7 Å². The van der Waals surface area contributed by atoms with Crippen molar-refractivity contribution in [2.24, 2.45) is 35.5 Å². The number of hydrogen-bond acceptors (Lipinski definition) is 13. The van der Waals surface area contributed by atoms with Crippen LogP contribution in [0, 0.1) is 35.5 Å². The van der Waals surface area contributed by atoms with Crippen molar-refractivity contribution in [3.05, 3.63) is 47.6 Å². The van der Waals surface area contributed by atoms with Crippen molar-refractivity contribution in [3.8, 4) is 0 Å². The second-order valence-electron chi connectivity index (χ2n) is 19.6. The molecule has 0 spiro atoms. The minimum Gasteiger partial charge on any atom is -0.460 e. The molecule has 15 atom stereocenters. The number of nitrogens with zero attached hydrogens (tertiary/aromatic N) is 1. The quantitative estimate of drug-likeness (QED) is 0.156. The Kier molecular flexibility index (Phi) is 21.0. The fraction of sp³-hybridized carbons (Fsp3) is 0.745. The number of Topliss-reactive ketones (excluding diaryl/α,β-unsaturated/α-hetero) is 3. The first kappa shape index (κ1) is 54.2. The molecule has 2 bridgehead atoms. The molecule has 3 heterocycles. The number of piperidine rings is 1. The smallest absolute Gasteiger partial charge is 0.329 e. The highest BCUT2D eigenvalue weighted by Crippen LogP contribution is 2.38. The number of ketones is 3. The van der Waals surface area contributed by atoms with Gasteiger partial charge in [-0.15, -0.1) is 0 Å². The standard InChI is InChI=1S/C51H79NO13/c1-30-16-12-11-13-17-31(2)42(61-8)28-38-21-19-36(7)51(60,65-38)48(57)49(58)52-23-15-14-18-39(52)50(59)64-43(33(4)26-37-20-22-40(53)44(27-37)62-9)29-41(54)32(3)25-35(6)46(56)47(63-10)45(55)34(5)24-30/h11-13,16-17,25,30,32-34,36-40,42-44,46-47,53,56,60H,14-15,18-24,26-29H2,1-10H3/b13-11?,16-12+,31-17?,35-25+/t30-,32-,33-,34-,36-,37+,38+,39+,40-,42-,43?,44-,46-,47+,51-/m1/s1. The Hall–Kier alpha value is -3.37. The first-order valence-corrected chi connectivity index (χ1v) is 23.9. The van der Waals surface area contributed by atoms with Crippen molar-refractivity contribution in [2.45, 2.75) is 180 Å². The van der Waals surface area contributed by atoms with Gasteiger partial charge in [0.15, 0.2) is 5.78 Å². The summed E-state index contributed by atoms with van der Waals surface area (Å²) in [4.78, 5) is 71.8. The summed E-state index contributed by atoms with van der Waals surface area (Å²) in [5.41, 5.74) is 1.27. The van der Waals surface area contributed by atoms with E-state index < -0.39 is 83.9 Å². The van der Waals surface area contributed by atoms with Crippen molar-refractivity contribution in [1.82, 2.24) is 4.90 Å². The minimum atomic E-state index is -2.43. The molecule has 3 N–H and O–H groups in total. The Balaban J connectivity index is 1.70. The van der Waals surface area contributed by atoms with Crippen LogP contribution < -0.4 is 0 Å². The number of ether oxygens (including phenoxy) is 5. The average Bonchev–Trinajstić information content (AvgIpc) is 3.28. The topological polar surface area (TPSA) is 195 Å². The van der Waals surface area contributed by atoms with Crippen LogP contribution in [0.4, 0.5) is 0 Å². The number of fused-ring (bicyclic) bond motifs is 3. The highest BCUT2D eigenvalue weighted by atomic mass is 16.6. The van der Waals surface area contributed by atoms with E-state index >= 15 is 0 Å². The Morgan fingerprint density at radius 2 is 1.57 bits per heavy atom. The van der Waals surface area contributed by atoms with Gasteiger partial charge in [-0.3, -0.25) is 19.2 Å². The van der Waals surface area contributed by atoms with E-state index in [9.17, 15) is 39.3 Å². The lowest BCUT2D eigenvalue weighted by molar-refractivity contribution is -0.265. The van der Waals surface area contributed by atoms with E-state index in [2.05, 4.69) is 0 Å². The number of aliphatic hydroxyl groups is 3. The zero-order chi connectivity index (χ0) is 48.2. The number of hydrogen-bond donors (Lipinski definition) is 3. The third kappa shape index (κ3) is 14.3. The lowest BCUT2D eigenvalue weighted by Gasteiger charge is -2.42. The molecule has 14 nitrogen and oxygen atoms in total. The molecule has 2 saturated heterocycles. The molecule has 14 heteroatoms. The van der Waals surface area contributed by atoms with Crippen LogP contribution in [0.5, 0.6) is 0 Å². The van der Waals surface area contributed by atoms with Crippen molar-refractivity contribution < 1.29 is 63.0 Å². The van der Waals surface area contributed by atoms with Gasteiger partial charge in [0, 0.05) is 58.5 Å². The lowest BCUT2D eigenvalue weighted by atomic mass is 9.78. The van der Waals surface area contributed by atoms with Gasteiger partial charge in [-0.05, 0) is 107 Å². The molecule has 65 heavy (non-hydrogen) atoms. The van der Waals surface area contributed by atoms with Crippen molar-refractivity contribution in [2.75, 3.05) is 27.9 Å². The number of esters is 1. The molecule has 0 radical (unpaired) electrons. The molecule has 4 rings (SSSR count). The van der Waals surface area contributed by atoms with Gasteiger partial charge >= 0.3 is 5.97 Å². The van der Waals surface area contributed by atoms with E-state index in [0.29, 0.717) is 63.4 Å². The van der Waals surface area contributed by atoms with E-state index in [1.165, 1.54) is 12.0 Å². The van der Waals surface area contributed by atoms with E-state index in [1.54, 1.807) is 41.1 Å². The third-order valence-corrected chi connectivity index (χ3v) is 14.5. The summed E-state index contributed by atoms with van der Waals surface area (Å²) in [6.07, 6.45) is 11.2. The Bertz CT molecular complexity index is 1760. The predicted octanol–water partition coefficient (Wildman–Crippen LogP) is 6.18. The Labute approximate surface area is 387 Å². The van der Waals surface area contributed by atoms with Crippen molar-refractivity contribution in [1.29, 1.82) is 0 Å². The normalized spacial score (nSPS) is 39.1. The Morgan fingerprint density at radius 1 is 0.846 bits per heavy atom. The van der Waals surface area contributed by atoms with Gasteiger partial charge in [-0.25, -0.2) is 4.79 Å². The summed E-state index contributed by atoms with van der Waals surface area (Å²) in [5, 5.41) is 33.8. The summed E-state index contributed by atoms with van der Waals surface area (Å²) in [7, 11) is 4.52. The Morgan fingerprint density at radius 3 is 2.25 bits per heavy atom. The highest BCUT2D eigenvalue weighted by molar-refractivity contribution is 6.39. The van der Waals surface area contributed by atoms with Crippen LogP contribution in [-0.4, -0.2) is 132 Å². The highest BCUT2D eigenvalue weighted by Gasteiger charge is 2.53. The SMILES string of the molecule is CO[C@@H]1C[C@@H]2CC[C@@H](C)[C@@](O)(O2)C(=O)C(=O)N2CCCC[C@H]2C(=O)OC([C@H](C)C[C@@H]2CC[C@@H](O)[C@H](OC)C2)CC(=O)[C@H](C)/C=C(\C)[C@@H](O)[C@@H](OC)C(=O)[C@H](C)C[C@H](C)/C=C/C=CC=C1C. The summed E-state index contributed by atoms with van der Waals surface area (Å²) < 4.78 is 29.4. The number of rotatable bonds is 6. The molecule has 0 aromatic rings. The molecular formula is C51H79NO13. The van der Waals surface area contributed by atoms with E-state index in [0.717, 1.165) is 12.0 Å². The van der Waals surface area contributed by atoms with Crippen LogP contribution in [0.1, 0.15) is 126 Å². The molecule has 1 aliphatic carbocycles. The monoisotopic (exact) mass is 914 g/mol. The maximum absolute atomic E-state index is 14.4. The summed E-state index contributed by atoms with van der Waals surface area (Å²) in [6.45, 7) is 12.7. The molecule has 3 fully saturated rings. The van der Waals surface area contributed by atoms with E-state index in [1.807, 2.05) is 58.1 Å². The predicted molar refractivity (Wildman–Crippen MR) is 245 cm³/mol. The number of methoxy groups -OCH3 is 3. The fourth-order valence-corrected chi connectivity index (χ4v) is 10.1. The van der Waals surface area contributed by atoms with Gasteiger partial charge in [0.2, 0.25) is 5.79 Å². The van der Waals surface area contributed by atoms with Crippen LogP contribution in [0.15, 0.2) is 47.6 Å². The molecule has 1 amide bonds. The number of aliphatic hydroxyl groups excluding tert-OH is 2. The molecule has 0 aromatic carbocycles. The molecule has 4 aliphatic rings. The molecule has 366 valence electrons. The summed E-state index contributed by atoms with van der Waals surface area (Å²) >= 11 is 0. The summed E-state index contributed by atoms with van der Waals surface area (Å²) in [5.74, 6) is -7.96. The number of cyclic esters (lactones) is 1. The van der Waals surface area contributed by atoms with Gasteiger partial charge in [0.05, 0.1) is 24.4 Å². The molecule has 3 aliphatic heterocycles. The van der Waals surface area contributed by atoms with Crippen LogP contribution in [0.25, 0.3) is 0 Å². The first-order valence-electron chi connectivity index (χ1n) is 23.9. The maximum atomic E-state index is 14.4.